The van der Waals surface area contributed by atoms with Crippen molar-refractivity contribution in [3.63, 3.8) is 0 Å². The van der Waals surface area contributed by atoms with Gasteiger partial charge in [0.2, 0.25) is 0 Å². The fourth-order valence-electron chi connectivity index (χ4n) is 1.57. The minimum absolute atomic E-state index is 0.0742. The maximum absolute atomic E-state index is 12.0. The van der Waals surface area contributed by atoms with E-state index in [0.29, 0.717) is 5.76 Å². The SMILES string of the molecule is Cc1ccc(S(=O)(=O)CC(=O)OCc2ccco2)cc1. The number of ether oxygens (including phenoxy) is 1. The third-order valence-corrected chi connectivity index (χ3v) is 4.25. The molecule has 0 unspecified atom stereocenters. The number of aryl methyl sites for hydroxylation is 1. The van der Waals surface area contributed by atoms with Crippen molar-refractivity contribution in [3.8, 4) is 0 Å². The van der Waals surface area contributed by atoms with Crippen molar-refractivity contribution in [1.29, 1.82) is 0 Å². The van der Waals surface area contributed by atoms with Gasteiger partial charge in [-0.3, -0.25) is 4.79 Å². The van der Waals surface area contributed by atoms with E-state index in [1.165, 1.54) is 18.4 Å². The van der Waals surface area contributed by atoms with Gasteiger partial charge in [0.1, 0.15) is 12.4 Å². The van der Waals surface area contributed by atoms with Crippen LogP contribution in [0.2, 0.25) is 0 Å². The quantitative estimate of drug-likeness (QED) is 0.790. The van der Waals surface area contributed by atoms with Gasteiger partial charge in [0.15, 0.2) is 15.6 Å². The summed E-state index contributed by atoms with van der Waals surface area (Å²) in [4.78, 5) is 11.7. The topological polar surface area (TPSA) is 73.6 Å². The van der Waals surface area contributed by atoms with E-state index in [1.54, 1.807) is 24.3 Å². The molecule has 1 aromatic carbocycles. The van der Waals surface area contributed by atoms with Crippen molar-refractivity contribution in [2.45, 2.75) is 18.4 Å². The first-order chi connectivity index (χ1) is 9.47. The number of benzene rings is 1. The van der Waals surface area contributed by atoms with Gasteiger partial charge in [-0.25, -0.2) is 8.42 Å². The largest absolute Gasteiger partial charge is 0.466 e. The van der Waals surface area contributed by atoms with Crippen molar-refractivity contribution >= 4 is 15.8 Å². The van der Waals surface area contributed by atoms with Crippen LogP contribution in [0.25, 0.3) is 0 Å². The lowest BCUT2D eigenvalue weighted by molar-refractivity contribution is -0.142. The van der Waals surface area contributed by atoms with E-state index < -0.39 is 21.6 Å². The van der Waals surface area contributed by atoms with Crippen molar-refractivity contribution < 1.29 is 22.4 Å². The molecule has 0 saturated heterocycles. The minimum atomic E-state index is -3.67. The monoisotopic (exact) mass is 294 g/mol. The van der Waals surface area contributed by atoms with Crippen LogP contribution in [0.1, 0.15) is 11.3 Å². The Morgan fingerprint density at radius 1 is 1.20 bits per heavy atom. The molecular weight excluding hydrogens is 280 g/mol. The lowest BCUT2D eigenvalue weighted by Gasteiger charge is -2.05. The highest BCUT2D eigenvalue weighted by Crippen LogP contribution is 2.13. The van der Waals surface area contributed by atoms with Crippen LogP contribution < -0.4 is 0 Å². The summed E-state index contributed by atoms with van der Waals surface area (Å²) in [6.45, 7) is 1.78. The number of hydrogen-bond acceptors (Lipinski definition) is 5. The standard InChI is InChI=1S/C14H14O5S/c1-11-4-6-13(7-5-11)20(16,17)10-14(15)19-9-12-3-2-8-18-12/h2-8H,9-10H2,1H3. The second-order valence-electron chi connectivity index (χ2n) is 4.31. The molecule has 1 aromatic heterocycles. The number of carbonyl (C=O) groups is 1. The fourth-order valence-corrected chi connectivity index (χ4v) is 2.68. The van der Waals surface area contributed by atoms with Gasteiger partial charge in [-0.05, 0) is 31.2 Å². The van der Waals surface area contributed by atoms with Gasteiger partial charge in [0.25, 0.3) is 0 Å². The number of rotatable bonds is 5. The normalized spacial score (nSPS) is 11.2. The molecule has 0 saturated carbocycles. The molecule has 5 nitrogen and oxygen atoms in total. The molecule has 0 spiro atoms. The summed E-state index contributed by atoms with van der Waals surface area (Å²) in [5.41, 5.74) is 0.948. The molecule has 2 rings (SSSR count). The minimum Gasteiger partial charge on any atom is -0.466 e. The van der Waals surface area contributed by atoms with E-state index in [4.69, 9.17) is 9.15 Å². The van der Waals surface area contributed by atoms with Crippen LogP contribution in [0.4, 0.5) is 0 Å². The molecule has 0 fully saturated rings. The van der Waals surface area contributed by atoms with Crippen molar-refractivity contribution in [1.82, 2.24) is 0 Å². The molecule has 0 amide bonds. The summed E-state index contributed by atoms with van der Waals surface area (Å²) in [5, 5.41) is 0. The van der Waals surface area contributed by atoms with Gasteiger partial charge in [0, 0.05) is 0 Å². The highest BCUT2D eigenvalue weighted by atomic mass is 32.2. The molecule has 2 aromatic rings. The van der Waals surface area contributed by atoms with E-state index in [0.717, 1.165) is 5.56 Å². The molecular formula is C14H14O5S. The smallest absolute Gasteiger partial charge is 0.321 e. The molecule has 0 aliphatic rings. The first-order valence-electron chi connectivity index (χ1n) is 5.95. The van der Waals surface area contributed by atoms with E-state index in [1.807, 2.05) is 6.92 Å². The van der Waals surface area contributed by atoms with Gasteiger partial charge in [0.05, 0.1) is 11.2 Å². The van der Waals surface area contributed by atoms with E-state index in [-0.39, 0.29) is 11.5 Å². The van der Waals surface area contributed by atoms with Gasteiger partial charge >= 0.3 is 5.97 Å². The zero-order chi connectivity index (χ0) is 14.6. The van der Waals surface area contributed by atoms with E-state index in [2.05, 4.69) is 0 Å². The molecule has 20 heavy (non-hydrogen) atoms. The molecule has 0 bridgehead atoms. The lowest BCUT2D eigenvalue weighted by Crippen LogP contribution is -2.18. The predicted molar refractivity (Wildman–Crippen MR) is 71.7 cm³/mol. The van der Waals surface area contributed by atoms with Crippen molar-refractivity contribution in [3.05, 3.63) is 54.0 Å². The molecule has 0 aliphatic heterocycles. The number of furan rings is 1. The molecule has 1 heterocycles. The first-order valence-corrected chi connectivity index (χ1v) is 7.60. The lowest BCUT2D eigenvalue weighted by atomic mass is 10.2. The Hall–Kier alpha value is -2.08. The Kier molecular flexibility index (Phi) is 4.24. The Bertz CT molecular complexity index is 669. The maximum atomic E-state index is 12.0. The van der Waals surface area contributed by atoms with Crippen LogP contribution in [0, 0.1) is 6.92 Å². The zero-order valence-electron chi connectivity index (χ0n) is 10.9. The average molecular weight is 294 g/mol. The fraction of sp³-hybridized carbons (Fsp3) is 0.214. The molecule has 0 radical (unpaired) electrons. The summed E-state index contributed by atoms with van der Waals surface area (Å²) in [7, 11) is -3.67. The highest BCUT2D eigenvalue weighted by Gasteiger charge is 2.20. The number of hydrogen-bond donors (Lipinski definition) is 0. The summed E-state index contributed by atoms with van der Waals surface area (Å²) in [6, 6.07) is 9.62. The third kappa shape index (κ3) is 3.71. The Labute approximate surface area is 117 Å². The van der Waals surface area contributed by atoms with Gasteiger partial charge in [-0.2, -0.15) is 0 Å². The van der Waals surface area contributed by atoms with E-state index in [9.17, 15) is 13.2 Å². The van der Waals surface area contributed by atoms with Crippen LogP contribution in [-0.2, 0) is 26.0 Å². The van der Waals surface area contributed by atoms with Crippen molar-refractivity contribution in [2.75, 3.05) is 5.75 Å². The molecule has 106 valence electrons. The van der Waals surface area contributed by atoms with Crippen LogP contribution >= 0.6 is 0 Å². The van der Waals surface area contributed by atoms with Crippen LogP contribution in [0.5, 0.6) is 0 Å². The Balaban J connectivity index is 1.97. The summed E-state index contributed by atoms with van der Waals surface area (Å²) < 4.78 is 33.8. The molecule has 0 aliphatic carbocycles. The first kappa shape index (κ1) is 14.3. The second-order valence-corrected chi connectivity index (χ2v) is 6.30. The molecule has 0 N–H and O–H groups in total. The summed E-state index contributed by atoms with van der Waals surface area (Å²) in [6.07, 6.45) is 1.45. The van der Waals surface area contributed by atoms with Gasteiger partial charge in [-0.1, -0.05) is 17.7 Å². The maximum Gasteiger partial charge on any atom is 0.321 e. The third-order valence-electron chi connectivity index (χ3n) is 2.64. The number of sulfone groups is 1. The number of carbonyl (C=O) groups excluding carboxylic acids is 1. The predicted octanol–water partition coefficient (Wildman–Crippen LogP) is 2.11. The highest BCUT2D eigenvalue weighted by molar-refractivity contribution is 7.92. The average Bonchev–Trinajstić information content (AvgIpc) is 2.89. The zero-order valence-corrected chi connectivity index (χ0v) is 11.7. The van der Waals surface area contributed by atoms with Crippen LogP contribution in [0.3, 0.4) is 0 Å². The van der Waals surface area contributed by atoms with E-state index >= 15 is 0 Å². The van der Waals surface area contributed by atoms with Gasteiger partial charge < -0.3 is 9.15 Å². The van der Waals surface area contributed by atoms with Crippen molar-refractivity contribution in [2.24, 2.45) is 0 Å². The Morgan fingerprint density at radius 2 is 1.90 bits per heavy atom. The summed E-state index contributed by atoms with van der Waals surface area (Å²) >= 11 is 0. The molecule has 6 heteroatoms. The number of esters is 1. The molecule has 0 atom stereocenters. The second kappa shape index (κ2) is 5.92. The van der Waals surface area contributed by atoms with Gasteiger partial charge in [-0.15, -0.1) is 0 Å². The van der Waals surface area contributed by atoms with Crippen LogP contribution in [-0.4, -0.2) is 20.1 Å². The van der Waals surface area contributed by atoms with Crippen LogP contribution in [0.15, 0.2) is 52.0 Å². The Morgan fingerprint density at radius 3 is 2.50 bits per heavy atom. The summed E-state index contributed by atoms with van der Waals surface area (Å²) in [5.74, 6) is -1.02.